The van der Waals surface area contributed by atoms with Crippen molar-refractivity contribution in [1.29, 1.82) is 0 Å². The van der Waals surface area contributed by atoms with E-state index in [9.17, 15) is 0 Å². The fraction of sp³-hybridized carbons (Fsp3) is 0.700. The Bertz CT molecular complexity index is 339. The molecule has 1 N–H and O–H groups in total. The van der Waals surface area contributed by atoms with Crippen LogP contribution in [0, 0.1) is 0 Å². The lowest BCUT2D eigenvalue weighted by Crippen LogP contribution is -2.37. The van der Waals surface area contributed by atoms with Crippen molar-refractivity contribution in [2.75, 3.05) is 13.1 Å². The summed E-state index contributed by atoms with van der Waals surface area (Å²) in [6.07, 6.45) is 7.17. The van der Waals surface area contributed by atoms with E-state index in [-0.39, 0.29) is 0 Å². The molecule has 0 atom stereocenters. The zero-order valence-corrected chi connectivity index (χ0v) is 10.2. The lowest BCUT2D eigenvalue weighted by Gasteiger charge is -2.36. The first-order valence-electron chi connectivity index (χ1n) is 5.24. The highest BCUT2D eigenvalue weighted by Crippen LogP contribution is 2.45. The third-order valence-corrected chi connectivity index (χ3v) is 4.75. The Hall–Kier alpha value is -0.100. The van der Waals surface area contributed by atoms with E-state index in [1.807, 2.05) is 6.20 Å². The number of piperidine rings is 1. The Morgan fingerprint density at radius 2 is 2.14 bits per heavy atom. The Labute approximate surface area is 97.7 Å². The van der Waals surface area contributed by atoms with Gasteiger partial charge in [-0.1, -0.05) is 0 Å². The fourth-order valence-corrected chi connectivity index (χ4v) is 3.35. The van der Waals surface area contributed by atoms with E-state index in [1.165, 1.54) is 50.0 Å². The zero-order chi connectivity index (χ0) is 9.60. The number of nitrogens with zero attached hydrogens (tertiary/aromatic N) is 2. The maximum absolute atomic E-state index is 4.17. The van der Waals surface area contributed by atoms with Crippen molar-refractivity contribution in [3.8, 4) is 0 Å². The van der Waals surface area contributed by atoms with Gasteiger partial charge in [0.15, 0.2) is 0 Å². The van der Waals surface area contributed by atoms with Crippen LogP contribution < -0.4 is 0 Å². The number of H-pyrrole nitrogens is 1. The summed E-state index contributed by atoms with van der Waals surface area (Å²) >= 11 is 2.43. The molecule has 3 nitrogen and oxygen atoms in total. The summed E-state index contributed by atoms with van der Waals surface area (Å²) in [7, 11) is 0. The van der Waals surface area contributed by atoms with Gasteiger partial charge in [0, 0.05) is 47.1 Å². The van der Waals surface area contributed by atoms with Crippen molar-refractivity contribution in [1.82, 2.24) is 13.3 Å². The van der Waals surface area contributed by atoms with Crippen LogP contribution in [0.25, 0.3) is 0 Å². The molecule has 1 aromatic heterocycles. The van der Waals surface area contributed by atoms with Crippen LogP contribution >= 0.6 is 22.9 Å². The lowest BCUT2D eigenvalue weighted by atomic mass is 9.77. The average Bonchev–Trinajstić information content (AvgIpc) is 2.75. The van der Waals surface area contributed by atoms with Gasteiger partial charge in [-0.15, -0.1) is 0 Å². The largest absolute Gasteiger partial charge is 0.282 e. The number of fused-ring (bicyclic) bond motifs is 2. The topological polar surface area (TPSA) is 31.9 Å². The predicted octanol–water partition coefficient (Wildman–Crippen LogP) is 2.04. The van der Waals surface area contributed by atoms with E-state index in [0.29, 0.717) is 5.41 Å². The second-order valence-electron chi connectivity index (χ2n) is 4.46. The van der Waals surface area contributed by atoms with Crippen molar-refractivity contribution in [3.05, 3.63) is 17.5 Å². The number of nitrogens with one attached hydrogen (secondary N) is 1. The molecule has 0 unspecified atom stereocenters. The summed E-state index contributed by atoms with van der Waals surface area (Å²) in [5.74, 6) is 0. The highest BCUT2D eigenvalue weighted by molar-refractivity contribution is 14.1. The minimum atomic E-state index is 0.452. The molecule has 0 aromatic carbocycles. The van der Waals surface area contributed by atoms with Crippen molar-refractivity contribution in [3.63, 3.8) is 0 Å². The molecule has 3 rings (SSSR count). The van der Waals surface area contributed by atoms with Gasteiger partial charge >= 0.3 is 0 Å². The molecule has 1 aromatic rings. The van der Waals surface area contributed by atoms with E-state index in [1.54, 1.807) is 0 Å². The van der Waals surface area contributed by atoms with Crippen LogP contribution in [0.1, 0.15) is 30.5 Å². The van der Waals surface area contributed by atoms with Gasteiger partial charge in [-0.3, -0.25) is 5.10 Å². The molecule has 2 aliphatic rings. The predicted molar refractivity (Wildman–Crippen MR) is 63.4 cm³/mol. The summed E-state index contributed by atoms with van der Waals surface area (Å²) in [5.41, 5.74) is 3.36. The van der Waals surface area contributed by atoms with Crippen molar-refractivity contribution >= 4 is 22.9 Å². The van der Waals surface area contributed by atoms with Gasteiger partial charge in [-0.25, -0.2) is 3.11 Å². The monoisotopic (exact) mass is 303 g/mol. The first-order chi connectivity index (χ1) is 6.80. The second kappa shape index (κ2) is 3.20. The number of hydrogen-bond acceptors (Lipinski definition) is 2. The summed E-state index contributed by atoms with van der Waals surface area (Å²) in [5, 5.41) is 7.39. The first kappa shape index (κ1) is 9.15. The van der Waals surface area contributed by atoms with E-state index in [4.69, 9.17) is 0 Å². The lowest BCUT2D eigenvalue weighted by molar-refractivity contribution is 0.251. The van der Waals surface area contributed by atoms with Crippen LogP contribution in [0.15, 0.2) is 6.20 Å². The summed E-state index contributed by atoms with van der Waals surface area (Å²) in [6, 6.07) is 0. The van der Waals surface area contributed by atoms with Gasteiger partial charge in [-0.05, 0) is 31.2 Å². The summed E-state index contributed by atoms with van der Waals surface area (Å²) < 4.78 is 2.40. The van der Waals surface area contributed by atoms with Crippen LogP contribution in [0.4, 0.5) is 0 Å². The highest BCUT2D eigenvalue weighted by Gasteiger charge is 2.42. The SMILES string of the molecule is IN1CCC2(CCc3cn[nH]c32)CC1. The van der Waals surface area contributed by atoms with E-state index >= 15 is 0 Å². The van der Waals surface area contributed by atoms with Crippen LogP contribution in [-0.4, -0.2) is 26.4 Å². The number of hydrogen-bond donors (Lipinski definition) is 1. The number of rotatable bonds is 0. The molecule has 1 aliphatic heterocycles. The maximum Gasteiger partial charge on any atom is 0.0522 e. The molecule has 1 saturated heterocycles. The summed E-state index contributed by atoms with van der Waals surface area (Å²) in [6.45, 7) is 2.44. The molecular weight excluding hydrogens is 289 g/mol. The number of aromatic nitrogens is 2. The van der Waals surface area contributed by atoms with Crippen LogP contribution in [0.2, 0.25) is 0 Å². The zero-order valence-electron chi connectivity index (χ0n) is 8.09. The first-order valence-corrected chi connectivity index (χ1v) is 6.20. The smallest absolute Gasteiger partial charge is 0.0522 e. The van der Waals surface area contributed by atoms with E-state index in [2.05, 4.69) is 36.2 Å². The molecule has 0 bridgehead atoms. The quantitative estimate of drug-likeness (QED) is 0.587. The Balaban J connectivity index is 1.92. The van der Waals surface area contributed by atoms with Crippen molar-refractivity contribution in [2.45, 2.75) is 31.1 Å². The van der Waals surface area contributed by atoms with Gasteiger partial charge in [0.2, 0.25) is 0 Å². The normalized spacial score (nSPS) is 25.5. The molecule has 1 spiro atoms. The number of halogens is 1. The third-order valence-electron chi connectivity index (χ3n) is 3.79. The molecule has 1 aliphatic carbocycles. The third kappa shape index (κ3) is 1.23. The van der Waals surface area contributed by atoms with E-state index in [0.717, 1.165) is 0 Å². The molecule has 0 radical (unpaired) electrons. The molecule has 2 heterocycles. The van der Waals surface area contributed by atoms with Crippen molar-refractivity contribution < 1.29 is 0 Å². The minimum absolute atomic E-state index is 0.452. The van der Waals surface area contributed by atoms with Gasteiger partial charge in [0.1, 0.15) is 0 Å². The van der Waals surface area contributed by atoms with Gasteiger partial charge < -0.3 is 0 Å². The summed E-state index contributed by atoms with van der Waals surface area (Å²) in [4.78, 5) is 0. The van der Waals surface area contributed by atoms with Gasteiger partial charge in [0.25, 0.3) is 0 Å². The minimum Gasteiger partial charge on any atom is -0.282 e. The molecule has 0 saturated carbocycles. The van der Waals surface area contributed by atoms with Crippen LogP contribution in [0.3, 0.4) is 0 Å². The van der Waals surface area contributed by atoms with Gasteiger partial charge in [-0.2, -0.15) is 5.10 Å². The average molecular weight is 303 g/mol. The second-order valence-corrected chi connectivity index (χ2v) is 5.82. The van der Waals surface area contributed by atoms with E-state index < -0.39 is 0 Å². The maximum atomic E-state index is 4.17. The van der Waals surface area contributed by atoms with Crippen molar-refractivity contribution in [2.24, 2.45) is 0 Å². The molecule has 1 fully saturated rings. The van der Waals surface area contributed by atoms with Crippen LogP contribution in [-0.2, 0) is 11.8 Å². The number of aryl methyl sites for hydroxylation is 1. The Kier molecular flexibility index (Phi) is 2.09. The molecule has 76 valence electrons. The van der Waals surface area contributed by atoms with Gasteiger partial charge in [0.05, 0.1) is 6.20 Å². The standard InChI is InChI=1S/C10H14IN3/c11-14-5-3-10(4-6-14)2-1-8-7-12-13-9(8)10/h7H,1-6H2,(H,12,13). The highest BCUT2D eigenvalue weighted by atomic mass is 127. The number of aromatic amines is 1. The fourth-order valence-electron chi connectivity index (χ4n) is 2.87. The van der Waals surface area contributed by atoms with Crippen LogP contribution in [0.5, 0.6) is 0 Å². The molecule has 0 amide bonds. The Morgan fingerprint density at radius 1 is 1.36 bits per heavy atom. The molecule has 4 heteroatoms. The Morgan fingerprint density at radius 3 is 2.93 bits per heavy atom. The molecular formula is C10H14IN3. The molecule has 14 heavy (non-hydrogen) atoms.